The van der Waals surface area contributed by atoms with Gasteiger partial charge in [0.2, 0.25) is 6.79 Å². The second-order valence-electron chi connectivity index (χ2n) is 5.98. The van der Waals surface area contributed by atoms with E-state index in [1.807, 2.05) is 0 Å². The van der Waals surface area contributed by atoms with Gasteiger partial charge in [0.1, 0.15) is 18.3 Å². The molecule has 0 aliphatic carbocycles. The summed E-state index contributed by atoms with van der Waals surface area (Å²) in [6.45, 7) is 3.03. The molecule has 0 radical (unpaired) electrons. The monoisotopic (exact) mass is 357 g/mol. The number of ether oxygens (including phenoxy) is 4. The maximum atomic E-state index is 11.3. The van der Waals surface area contributed by atoms with Crippen LogP contribution >= 0.6 is 0 Å². The molecular weight excluding hydrogens is 338 g/mol. The Morgan fingerprint density at radius 3 is 2.48 bits per heavy atom. The van der Waals surface area contributed by atoms with Crippen LogP contribution in [0.2, 0.25) is 0 Å². The predicted octanol–water partition coefficient (Wildman–Crippen LogP) is 0.229. The highest BCUT2D eigenvalue weighted by Crippen LogP contribution is 2.41. The third kappa shape index (κ3) is 3.26. The summed E-state index contributed by atoms with van der Waals surface area (Å²) in [6.07, 6.45) is -7.10. The van der Waals surface area contributed by atoms with E-state index < -0.39 is 41.7 Å². The first kappa shape index (κ1) is 17.8. The normalized spacial score (nSPS) is 32.4. The van der Waals surface area contributed by atoms with E-state index in [0.29, 0.717) is 5.75 Å². The van der Waals surface area contributed by atoms with Gasteiger partial charge in [0.15, 0.2) is 17.8 Å². The molecule has 1 saturated heterocycles. The number of nitro benzene ring substituents is 1. The summed E-state index contributed by atoms with van der Waals surface area (Å²) in [5, 5.41) is 40.9. The predicted molar refractivity (Wildman–Crippen MR) is 81.1 cm³/mol. The fraction of sp³-hybridized carbons (Fsp3) is 0.600. The highest BCUT2D eigenvalue weighted by atomic mass is 16.7. The van der Waals surface area contributed by atoms with Gasteiger partial charge in [-0.05, 0) is 19.9 Å². The molecule has 0 amide bonds. The second kappa shape index (κ2) is 6.73. The molecule has 10 nitrogen and oxygen atoms in total. The van der Waals surface area contributed by atoms with E-state index in [1.165, 1.54) is 19.1 Å². The maximum absolute atomic E-state index is 11.3. The van der Waals surface area contributed by atoms with Gasteiger partial charge in [0.05, 0.1) is 28.8 Å². The molecule has 1 aromatic carbocycles. The Labute approximate surface area is 142 Å². The van der Waals surface area contributed by atoms with Gasteiger partial charge in [-0.2, -0.15) is 0 Å². The second-order valence-corrected chi connectivity index (χ2v) is 5.98. The summed E-state index contributed by atoms with van der Waals surface area (Å²) in [4.78, 5) is 10.8. The number of fused-ring (bicyclic) bond motifs is 1. The molecule has 4 unspecified atom stereocenters. The zero-order valence-electron chi connectivity index (χ0n) is 13.6. The SMILES string of the molecule is CC(O[C@H]1OC(C)[C@H](O)C(O)C1O)c1cc2c(cc1[N+](=O)[O-])OCO2. The lowest BCUT2D eigenvalue weighted by molar-refractivity contribution is -0.386. The van der Waals surface area contributed by atoms with Crippen molar-refractivity contribution in [2.45, 2.75) is 50.7 Å². The van der Waals surface area contributed by atoms with Crippen LogP contribution in [0.3, 0.4) is 0 Å². The van der Waals surface area contributed by atoms with Crippen LogP contribution in [0.1, 0.15) is 25.5 Å². The van der Waals surface area contributed by atoms with E-state index in [0.717, 1.165) is 0 Å². The van der Waals surface area contributed by atoms with Crippen LogP contribution in [-0.4, -0.2) is 57.7 Å². The highest BCUT2D eigenvalue weighted by molar-refractivity contribution is 5.55. The van der Waals surface area contributed by atoms with Crippen LogP contribution in [-0.2, 0) is 9.47 Å². The van der Waals surface area contributed by atoms with Crippen LogP contribution in [0, 0.1) is 10.1 Å². The fourth-order valence-electron chi connectivity index (χ4n) is 2.83. The number of rotatable bonds is 4. The van der Waals surface area contributed by atoms with Gasteiger partial charge in [-0.1, -0.05) is 0 Å². The van der Waals surface area contributed by atoms with Gasteiger partial charge < -0.3 is 34.3 Å². The lowest BCUT2D eigenvalue weighted by atomic mass is 10.00. The van der Waals surface area contributed by atoms with Crippen molar-refractivity contribution in [3.8, 4) is 11.5 Å². The summed E-state index contributed by atoms with van der Waals surface area (Å²) in [7, 11) is 0. The van der Waals surface area contributed by atoms with Crippen molar-refractivity contribution in [1.82, 2.24) is 0 Å². The number of hydrogen-bond acceptors (Lipinski definition) is 9. The molecule has 2 aliphatic rings. The molecule has 1 fully saturated rings. The molecule has 6 atom stereocenters. The summed E-state index contributed by atoms with van der Waals surface area (Å²) >= 11 is 0. The molecule has 2 heterocycles. The summed E-state index contributed by atoms with van der Waals surface area (Å²) < 4.78 is 21.3. The van der Waals surface area contributed by atoms with Crippen LogP contribution in [0.4, 0.5) is 5.69 Å². The Hall–Kier alpha value is -1.98. The summed E-state index contributed by atoms with van der Waals surface area (Å²) in [5.74, 6) is 0.619. The Bertz CT molecular complexity index is 667. The molecule has 0 bridgehead atoms. The van der Waals surface area contributed by atoms with E-state index in [1.54, 1.807) is 6.92 Å². The molecule has 0 aromatic heterocycles. The molecule has 1 aromatic rings. The topological polar surface area (TPSA) is 141 Å². The standard InChI is InChI=1S/C15H19NO9/c1-6(24-15-14(19)13(18)12(17)7(2)25-15)8-3-10-11(23-5-22-10)4-9(8)16(20)21/h3-4,6-7,12-15,17-19H,5H2,1-2H3/t6?,7?,12-,13?,14?,15-/m0/s1. The molecule has 25 heavy (non-hydrogen) atoms. The third-order valence-corrected chi connectivity index (χ3v) is 4.30. The zero-order valence-corrected chi connectivity index (χ0v) is 13.6. The van der Waals surface area contributed by atoms with Crippen LogP contribution in [0.15, 0.2) is 12.1 Å². The van der Waals surface area contributed by atoms with Crippen LogP contribution in [0.25, 0.3) is 0 Å². The number of benzene rings is 1. The average Bonchev–Trinajstić information content (AvgIpc) is 3.03. The van der Waals surface area contributed by atoms with Crippen molar-refractivity contribution < 1.29 is 39.2 Å². The minimum Gasteiger partial charge on any atom is -0.454 e. The number of aliphatic hydroxyl groups excluding tert-OH is 3. The van der Waals surface area contributed by atoms with Gasteiger partial charge >= 0.3 is 0 Å². The smallest absolute Gasteiger partial charge is 0.279 e. The summed E-state index contributed by atoms with van der Waals surface area (Å²) in [6, 6.07) is 2.69. The lowest BCUT2D eigenvalue weighted by Crippen LogP contribution is -2.57. The first-order valence-corrected chi connectivity index (χ1v) is 7.72. The molecule has 0 saturated carbocycles. The Kier molecular flexibility index (Phi) is 4.80. The van der Waals surface area contributed by atoms with Gasteiger partial charge in [-0.3, -0.25) is 10.1 Å². The molecule has 3 N–H and O–H groups in total. The van der Waals surface area contributed by atoms with Crippen molar-refractivity contribution in [1.29, 1.82) is 0 Å². The van der Waals surface area contributed by atoms with Crippen molar-refractivity contribution in [2.24, 2.45) is 0 Å². The first-order chi connectivity index (χ1) is 11.8. The summed E-state index contributed by atoms with van der Waals surface area (Å²) in [5.41, 5.74) is -0.0194. The van der Waals surface area contributed by atoms with Crippen molar-refractivity contribution in [3.05, 3.63) is 27.8 Å². The van der Waals surface area contributed by atoms with Crippen molar-refractivity contribution >= 4 is 5.69 Å². The van der Waals surface area contributed by atoms with E-state index in [4.69, 9.17) is 18.9 Å². The minimum atomic E-state index is -1.50. The first-order valence-electron chi connectivity index (χ1n) is 7.72. The number of aliphatic hydroxyl groups is 3. The van der Waals surface area contributed by atoms with E-state index in [2.05, 4.69) is 0 Å². The van der Waals surface area contributed by atoms with Crippen molar-refractivity contribution in [2.75, 3.05) is 6.79 Å². The van der Waals surface area contributed by atoms with E-state index in [9.17, 15) is 25.4 Å². The largest absolute Gasteiger partial charge is 0.454 e. The number of hydrogen-bond donors (Lipinski definition) is 3. The van der Waals surface area contributed by atoms with Crippen LogP contribution in [0.5, 0.6) is 11.5 Å². The number of nitrogens with zero attached hydrogens (tertiary/aromatic N) is 1. The molecular formula is C15H19NO9. The molecule has 3 rings (SSSR count). The van der Waals surface area contributed by atoms with Gasteiger partial charge in [0, 0.05) is 0 Å². The maximum Gasteiger partial charge on any atom is 0.279 e. The zero-order chi connectivity index (χ0) is 18.3. The fourth-order valence-corrected chi connectivity index (χ4v) is 2.83. The highest BCUT2D eigenvalue weighted by Gasteiger charge is 2.43. The Morgan fingerprint density at radius 1 is 1.20 bits per heavy atom. The number of nitro groups is 1. The lowest BCUT2D eigenvalue weighted by Gasteiger charge is -2.39. The third-order valence-electron chi connectivity index (χ3n) is 4.30. The van der Waals surface area contributed by atoms with Crippen LogP contribution < -0.4 is 9.47 Å². The van der Waals surface area contributed by atoms with Crippen molar-refractivity contribution in [3.63, 3.8) is 0 Å². The molecule has 10 heteroatoms. The Morgan fingerprint density at radius 2 is 1.84 bits per heavy atom. The molecule has 0 spiro atoms. The van der Waals surface area contributed by atoms with Gasteiger partial charge in [-0.15, -0.1) is 0 Å². The van der Waals surface area contributed by atoms with E-state index >= 15 is 0 Å². The Balaban J connectivity index is 1.84. The molecule has 2 aliphatic heterocycles. The quantitative estimate of drug-likeness (QED) is 0.510. The van der Waals surface area contributed by atoms with Gasteiger partial charge in [-0.25, -0.2) is 0 Å². The van der Waals surface area contributed by atoms with E-state index in [-0.39, 0.29) is 23.8 Å². The average molecular weight is 357 g/mol. The van der Waals surface area contributed by atoms with Gasteiger partial charge in [0.25, 0.3) is 5.69 Å². The molecule has 138 valence electrons. The minimum absolute atomic E-state index is 0.0305.